The van der Waals surface area contributed by atoms with Gasteiger partial charge >= 0.3 is 41.3 Å². The first-order valence-corrected chi connectivity index (χ1v) is 45.4. The first-order valence-electron chi connectivity index (χ1n) is 40.4. The number of ketones is 1. The number of hydrogen-bond acceptors (Lipinski definition) is 25. The van der Waals surface area contributed by atoms with Crippen molar-refractivity contribution in [2.75, 3.05) is 46.4 Å². The van der Waals surface area contributed by atoms with Gasteiger partial charge in [-0.25, -0.2) is 19.7 Å². The van der Waals surface area contributed by atoms with Crippen molar-refractivity contribution in [2.24, 2.45) is 0 Å². The molecule has 6 aromatic heterocycles. The molecule has 9 heterocycles. The van der Waals surface area contributed by atoms with E-state index in [1.807, 2.05) is 130 Å². The Hall–Kier alpha value is -11.5. The summed E-state index contributed by atoms with van der Waals surface area (Å²) in [4.78, 5) is 45.6. The van der Waals surface area contributed by atoms with Crippen LogP contribution in [-0.2, 0) is 43.7 Å². The molecule has 0 saturated carbocycles. The number of amides is 1. The molecule has 0 atom stereocenters. The van der Waals surface area contributed by atoms with Gasteiger partial charge < -0.3 is 37.1 Å². The summed E-state index contributed by atoms with van der Waals surface area (Å²) < 4.78 is 130. The number of benzene rings is 9. The summed E-state index contributed by atoms with van der Waals surface area (Å²) in [7, 11) is 1.67. The molecule has 23 nitrogen and oxygen atoms in total. The summed E-state index contributed by atoms with van der Waals surface area (Å²) in [6.45, 7) is 11.3. The predicted octanol–water partition coefficient (Wildman–Crippen LogP) is 22.1. The summed E-state index contributed by atoms with van der Waals surface area (Å²) in [6, 6.07) is 69.1. The zero-order chi connectivity index (χ0) is 88.3. The van der Waals surface area contributed by atoms with E-state index in [1.165, 1.54) is 57.9 Å². The van der Waals surface area contributed by atoms with Crippen LogP contribution in [0, 0.1) is 0 Å². The molecule has 3 aliphatic heterocycles. The molecule has 0 spiro atoms. The first-order chi connectivity index (χ1) is 60.8. The molecule has 3 saturated heterocycles. The van der Waals surface area contributed by atoms with Crippen molar-refractivity contribution >= 4 is 107 Å². The van der Waals surface area contributed by atoms with Crippen molar-refractivity contribution in [1.82, 2.24) is 60.2 Å². The minimum atomic E-state index is -4.70. The summed E-state index contributed by atoms with van der Waals surface area (Å²) >= 11 is 6.34. The van der Waals surface area contributed by atoms with E-state index in [4.69, 9.17) is 40.4 Å². The third-order valence-electron chi connectivity index (χ3n) is 20.8. The maximum absolute atomic E-state index is 13.1. The fraction of sp³-hybridized carbons (Fsp3) is 0.293. The molecule has 0 aliphatic carbocycles. The Bertz CT molecular complexity index is 6090. The number of nitrogens with zero attached hydrogens (tertiary/aromatic N) is 12. The average Bonchev–Trinajstić information content (AvgIpc) is 1.66. The van der Waals surface area contributed by atoms with Gasteiger partial charge in [-0.2, -0.15) is 0 Å². The Balaban J connectivity index is 0.000000143. The molecule has 9 aromatic carbocycles. The van der Waals surface area contributed by atoms with E-state index < -0.39 is 38.9 Å². The van der Waals surface area contributed by atoms with Gasteiger partial charge in [0.1, 0.15) is 32.9 Å². The molecule has 0 radical (unpaired) electrons. The van der Waals surface area contributed by atoms with Gasteiger partial charge in [0.2, 0.25) is 29.5 Å². The van der Waals surface area contributed by atoms with E-state index in [1.54, 1.807) is 58.9 Å². The van der Waals surface area contributed by atoms with Crippen LogP contribution in [0.1, 0.15) is 149 Å². The van der Waals surface area contributed by atoms with Gasteiger partial charge in [-0.1, -0.05) is 162 Å². The monoisotopic (exact) mass is 1900 g/mol. The van der Waals surface area contributed by atoms with Crippen LogP contribution in [0.15, 0.2) is 232 Å². The van der Waals surface area contributed by atoms with Crippen molar-refractivity contribution in [3.63, 3.8) is 0 Å². The summed E-state index contributed by atoms with van der Waals surface area (Å²) in [5.41, 5.74) is 12.1. The van der Waals surface area contributed by atoms with E-state index >= 15 is 0 Å². The molecule has 1 amide bonds. The molecule has 34 heteroatoms. The topological polar surface area (TPSA) is 270 Å². The van der Waals surface area contributed by atoms with Crippen LogP contribution in [0.25, 0.3) is 64.0 Å². The second kappa shape index (κ2) is 42.2. The molecule has 652 valence electrons. The zero-order valence-electron chi connectivity index (χ0n) is 68.7. The standard InChI is InChI=1S/C29H23F3N4O3S.C29H25F3N4O2S.C26H28N4O3S.C8H9BrO.O2Se/c30-29(31,32)39-22-9-6-18(7-10-22)17-36-14-12-20(13-15-36)26-34-35-27(38-26)25(37)28-33-23-11-8-21(16-24(23)40-28)19-4-2-1-3-5-19;30-29(31,32)38-23-9-6-19(7-10-23)18-36-14-12-21(13-15-36)28-35-34-26(37-28)17-27-33-24-11-8-22(16-25(24)39-27)20-4-2-1-3-5-20;1-26(2,3)33-25(31)30-13-11-18(12-14-30)24-29-28-22(32-24)16-23-27-20-10-9-19(15-21(20)34-23)17-7-5-4-6-8-17;1-10-8-4-2-7(6-9)3-5-8;1-3-2/h1-11,16,20H,12-15,17H2;1-11,16,21H,12-15,17-18H2;4-10,15,18H,11-14,16H2,1-3H3;2-5H,6H2,1H3;. The summed E-state index contributed by atoms with van der Waals surface area (Å²) in [5.74, 6) is 3.25. The molecule has 3 fully saturated rings. The first kappa shape index (κ1) is 90.7. The van der Waals surface area contributed by atoms with Gasteiger partial charge in [0.05, 0.1) is 50.6 Å². The Morgan fingerprint density at radius 3 is 1.20 bits per heavy atom. The van der Waals surface area contributed by atoms with Crippen LogP contribution in [-0.4, -0.2) is 152 Å². The predicted molar refractivity (Wildman–Crippen MR) is 470 cm³/mol. The maximum atomic E-state index is 13.1. The Kier molecular flexibility index (Phi) is 30.4. The Labute approximate surface area is 747 Å². The van der Waals surface area contributed by atoms with Crippen LogP contribution in [0.4, 0.5) is 31.1 Å². The number of halogens is 7. The van der Waals surface area contributed by atoms with E-state index in [-0.39, 0.29) is 41.2 Å². The van der Waals surface area contributed by atoms with Crippen LogP contribution in [0.2, 0.25) is 0 Å². The number of piperidine rings is 3. The molecule has 0 unspecified atom stereocenters. The van der Waals surface area contributed by atoms with Crippen molar-refractivity contribution < 1.29 is 75.8 Å². The Morgan fingerprint density at radius 2 is 0.810 bits per heavy atom. The van der Waals surface area contributed by atoms with Crippen molar-refractivity contribution in [3.8, 4) is 50.6 Å². The van der Waals surface area contributed by atoms with E-state index in [0.29, 0.717) is 73.5 Å². The fourth-order valence-electron chi connectivity index (χ4n) is 14.5. The quantitative estimate of drug-likeness (QED) is 0.0297. The van der Waals surface area contributed by atoms with Crippen LogP contribution in [0.5, 0.6) is 17.2 Å². The summed E-state index contributed by atoms with van der Waals surface area (Å²) in [5, 5.41) is 28.5. The number of likely N-dealkylation sites (tertiary alicyclic amines) is 3. The number of hydrogen-bond donors (Lipinski definition) is 0. The van der Waals surface area contributed by atoms with E-state index in [0.717, 1.165) is 144 Å². The van der Waals surface area contributed by atoms with E-state index in [2.05, 4.69) is 131 Å². The SMILES string of the molecule is CC(C)(C)OC(=O)N1CCC(c2nnc(Cc3nc4ccc(-c5ccccc5)cc4s3)o2)CC1.COc1ccc(CBr)cc1.FC(F)(F)Oc1ccc(CN2CCC(c3nnc(Cc4nc5ccc(-c6ccccc6)cc5s4)o3)CC2)cc1.O=C(c1nnc(C2CCN(Cc3ccc(OC(F)(F)F)cc3)CC2)o1)c1nc2ccc(-c3ccccc3)cc2s1.O=[Se]=O. The van der Waals surface area contributed by atoms with Crippen LogP contribution < -0.4 is 14.2 Å². The number of thiazole rings is 3. The van der Waals surface area contributed by atoms with Gasteiger partial charge in [0, 0.05) is 49.3 Å². The Morgan fingerprint density at radius 1 is 0.444 bits per heavy atom. The molecule has 18 rings (SSSR count). The molecule has 0 N–H and O–H groups in total. The fourth-order valence-corrected chi connectivity index (χ4v) is 17.8. The normalized spacial score (nSPS) is 14.4. The van der Waals surface area contributed by atoms with Gasteiger partial charge in [-0.15, -0.1) is 90.9 Å². The molecular formula is C92H85BrF6N12O11S3Se. The number of alkyl halides is 7. The molecule has 0 bridgehead atoms. The number of fused-ring (bicyclic) bond motifs is 3. The number of aromatic nitrogens is 9. The number of methoxy groups -OCH3 is 1. The van der Waals surface area contributed by atoms with Crippen molar-refractivity contribution in [3.05, 3.63) is 285 Å². The number of ether oxygens (including phenoxy) is 4. The summed E-state index contributed by atoms with van der Waals surface area (Å²) in [6.07, 6.45) is -3.80. The zero-order valence-corrected chi connectivity index (χ0v) is 74.4. The van der Waals surface area contributed by atoms with Gasteiger partial charge in [0.15, 0.2) is 5.01 Å². The van der Waals surface area contributed by atoms with Crippen molar-refractivity contribution in [1.29, 1.82) is 0 Å². The minimum absolute atomic E-state index is 0.0247. The van der Waals surface area contributed by atoms with Gasteiger partial charge in [-0.05, 0) is 208 Å². The molecular weight excluding hydrogens is 1820 g/mol. The average molecular weight is 1900 g/mol. The second-order valence-electron chi connectivity index (χ2n) is 30.9. The van der Waals surface area contributed by atoms with Crippen molar-refractivity contribution in [2.45, 2.75) is 127 Å². The third kappa shape index (κ3) is 25.7. The van der Waals surface area contributed by atoms with Crippen LogP contribution in [0.3, 0.4) is 0 Å². The molecule has 126 heavy (non-hydrogen) atoms. The number of carbonyl (C=O) groups is 2. The number of carbonyl (C=O) groups excluding carboxylic acids is 2. The van der Waals surface area contributed by atoms with E-state index in [9.17, 15) is 35.9 Å². The molecule has 3 aliphatic rings. The number of rotatable bonds is 20. The second-order valence-corrected chi connectivity index (χ2v) is 35.0. The third-order valence-corrected chi connectivity index (χ3v) is 24.5. The van der Waals surface area contributed by atoms with Crippen LogP contribution >= 0.6 is 49.9 Å². The van der Waals surface area contributed by atoms with Gasteiger partial charge in [0.25, 0.3) is 11.7 Å². The van der Waals surface area contributed by atoms with Gasteiger partial charge in [-0.3, -0.25) is 14.6 Å². The molecule has 15 aromatic rings.